The number of thioether (sulfide) groups is 1. The molecule has 0 unspecified atom stereocenters. The molecule has 0 saturated carbocycles. The average Bonchev–Trinajstić information content (AvgIpc) is 3.12. The Morgan fingerprint density at radius 2 is 1.59 bits per heavy atom. The van der Waals surface area contributed by atoms with Crippen molar-refractivity contribution < 1.29 is 23.9 Å². The molecular formula is C25H25ClN2O5S. The molecule has 3 amide bonds. The number of piperidine rings is 1. The van der Waals surface area contributed by atoms with Gasteiger partial charge < -0.3 is 14.4 Å². The zero-order valence-electron chi connectivity index (χ0n) is 18.6. The van der Waals surface area contributed by atoms with Gasteiger partial charge in [-0.15, -0.1) is 0 Å². The van der Waals surface area contributed by atoms with E-state index in [1.165, 1.54) is 11.3 Å². The molecule has 0 aliphatic carbocycles. The number of likely N-dealkylation sites (tertiary alicyclic amines) is 1. The van der Waals surface area contributed by atoms with Crippen molar-refractivity contribution in [3.8, 4) is 11.5 Å². The lowest BCUT2D eigenvalue weighted by Crippen LogP contribution is -2.38. The lowest BCUT2D eigenvalue weighted by Gasteiger charge is -2.26. The highest BCUT2D eigenvalue weighted by molar-refractivity contribution is 8.18. The number of carbonyl (C=O) groups excluding carboxylic acids is 3. The molecule has 2 aromatic rings. The van der Waals surface area contributed by atoms with Crippen LogP contribution in [0.1, 0.15) is 24.8 Å². The van der Waals surface area contributed by atoms with Crippen molar-refractivity contribution in [2.24, 2.45) is 0 Å². The van der Waals surface area contributed by atoms with Crippen molar-refractivity contribution >= 4 is 46.5 Å². The number of imide groups is 1. The Morgan fingerprint density at radius 1 is 0.941 bits per heavy atom. The number of amides is 3. The molecule has 0 spiro atoms. The maximum absolute atomic E-state index is 12.7. The van der Waals surface area contributed by atoms with Crippen molar-refractivity contribution in [1.82, 2.24) is 9.80 Å². The van der Waals surface area contributed by atoms with E-state index in [-0.39, 0.29) is 36.8 Å². The van der Waals surface area contributed by atoms with Gasteiger partial charge in [0.05, 0.1) is 11.4 Å². The molecule has 9 heteroatoms. The lowest BCUT2D eigenvalue weighted by atomic mass is 10.1. The Balaban J connectivity index is 1.28. The van der Waals surface area contributed by atoms with E-state index >= 15 is 0 Å². The van der Waals surface area contributed by atoms with Gasteiger partial charge in [-0.1, -0.05) is 23.7 Å². The molecule has 2 fully saturated rings. The Bertz CT molecular complexity index is 1070. The van der Waals surface area contributed by atoms with E-state index in [9.17, 15) is 14.4 Å². The van der Waals surface area contributed by atoms with E-state index in [0.29, 0.717) is 21.4 Å². The van der Waals surface area contributed by atoms with Crippen LogP contribution in [0.5, 0.6) is 11.5 Å². The van der Waals surface area contributed by atoms with Crippen LogP contribution in [-0.2, 0) is 9.59 Å². The highest BCUT2D eigenvalue weighted by atomic mass is 35.5. The van der Waals surface area contributed by atoms with Crippen LogP contribution in [0.3, 0.4) is 0 Å². The SMILES string of the molecule is O=C(COc1ccc(/C=C2\SC(=O)N(CCOc3ccc(Cl)cc3)C2=O)cc1)N1CCCCC1. The maximum atomic E-state index is 12.7. The number of carbonyl (C=O) groups is 3. The fraction of sp³-hybridized carbons (Fsp3) is 0.320. The van der Waals surface area contributed by atoms with E-state index in [1.54, 1.807) is 54.6 Å². The fourth-order valence-corrected chi connectivity index (χ4v) is 4.66. The minimum Gasteiger partial charge on any atom is -0.492 e. The monoisotopic (exact) mass is 500 g/mol. The summed E-state index contributed by atoms with van der Waals surface area (Å²) in [5.41, 5.74) is 0.762. The summed E-state index contributed by atoms with van der Waals surface area (Å²) in [5.74, 6) is 0.849. The molecule has 178 valence electrons. The molecule has 2 aliphatic heterocycles. The molecular weight excluding hydrogens is 476 g/mol. The molecule has 0 radical (unpaired) electrons. The van der Waals surface area contributed by atoms with Crippen LogP contribution < -0.4 is 9.47 Å². The molecule has 2 aliphatic rings. The standard InChI is InChI=1S/C25H25ClN2O5S/c26-19-6-10-20(11-7-19)32-15-14-28-24(30)22(34-25(28)31)16-18-4-8-21(9-5-18)33-17-23(29)27-12-2-1-3-13-27/h4-11,16H,1-3,12-15,17H2/b22-16-. The molecule has 0 aromatic heterocycles. The number of benzene rings is 2. The minimum absolute atomic E-state index is 0.00232. The molecule has 4 rings (SSSR count). The Labute approximate surface area is 207 Å². The van der Waals surface area contributed by atoms with Gasteiger partial charge in [-0.3, -0.25) is 19.3 Å². The minimum atomic E-state index is -0.345. The summed E-state index contributed by atoms with van der Waals surface area (Å²) in [4.78, 5) is 40.6. The second kappa shape index (κ2) is 11.4. The first-order chi connectivity index (χ1) is 16.5. The lowest BCUT2D eigenvalue weighted by molar-refractivity contribution is -0.134. The molecule has 34 heavy (non-hydrogen) atoms. The fourth-order valence-electron chi connectivity index (χ4n) is 3.67. The molecule has 0 N–H and O–H groups in total. The second-order valence-corrected chi connectivity index (χ2v) is 9.36. The van der Waals surface area contributed by atoms with E-state index < -0.39 is 0 Å². The van der Waals surface area contributed by atoms with Gasteiger partial charge in [-0.25, -0.2) is 0 Å². The zero-order valence-corrected chi connectivity index (χ0v) is 20.1. The highest BCUT2D eigenvalue weighted by Crippen LogP contribution is 2.32. The topological polar surface area (TPSA) is 76.1 Å². The van der Waals surface area contributed by atoms with Gasteiger partial charge in [-0.05, 0) is 79.1 Å². The predicted octanol–water partition coefficient (Wildman–Crippen LogP) is 4.85. The van der Waals surface area contributed by atoms with Crippen LogP contribution in [-0.4, -0.2) is 59.7 Å². The summed E-state index contributed by atoms with van der Waals surface area (Å²) >= 11 is 6.75. The van der Waals surface area contributed by atoms with E-state index in [4.69, 9.17) is 21.1 Å². The summed E-state index contributed by atoms with van der Waals surface area (Å²) in [6.45, 7) is 1.95. The number of hydrogen-bond donors (Lipinski definition) is 0. The number of hydrogen-bond acceptors (Lipinski definition) is 6. The van der Waals surface area contributed by atoms with Crippen LogP contribution in [0.2, 0.25) is 5.02 Å². The second-order valence-electron chi connectivity index (χ2n) is 7.93. The van der Waals surface area contributed by atoms with Gasteiger partial charge in [0.25, 0.3) is 17.1 Å². The number of rotatable bonds is 8. The molecule has 2 aromatic carbocycles. The van der Waals surface area contributed by atoms with Gasteiger partial charge in [0.1, 0.15) is 18.1 Å². The highest BCUT2D eigenvalue weighted by Gasteiger charge is 2.34. The molecule has 2 saturated heterocycles. The summed E-state index contributed by atoms with van der Waals surface area (Å²) in [6, 6.07) is 14.0. The summed E-state index contributed by atoms with van der Waals surface area (Å²) < 4.78 is 11.2. The van der Waals surface area contributed by atoms with Gasteiger partial charge >= 0.3 is 0 Å². The van der Waals surface area contributed by atoms with Gasteiger partial charge in [-0.2, -0.15) is 0 Å². The number of ether oxygens (including phenoxy) is 2. The van der Waals surface area contributed by atoms with E-state index in [2.05, 4.69) is 0 Å². The first-order valence-corrected chi connectivity index (χ1v) is 12.3. The summed E-state index contributed by atoms with van der Waals surface area (Å²) in [5, 5.41) is 0.279. The average molecular weight is 501 g/mol. The van der Waals surface area contributed by atoms with Gasteiger partial charge in [0, 0.05) is 18.1 Å². The number of halogens is 1. The van der Waals surface area contributed by atoms with Crippen molar-refractivity contribution in [2.75, 3.05) is 32.8 Å². The normalized spacial score (nSPS) is 17.4. The smallest absolute Gasteiger partial charge is 0.293 e. The van der Waals surface area contributed by atoms with Crippen LogP contribution in [0.15, 0.2) is 53.4 Å². The quantitative estimate of drug-likeness (QED) is 0.482. The van der Waals surface area contributed by atoms with Crippen LogP contribution >= 0.6 is 23.4 Å². The van der Waals surface area contributed by atoms with Gasteiger partial charge in [0.2, 0.25) is 0 Å². The van der Waals surface area contributed by atoms with Crippen LogP contribution in [0.25, 0.3) is 6.08 Å². The first-order valence-electron chi connectivity index (χ1n) is 11.1. The van der Waals surface area contributed by atoms with Crippen LogP contribution in [0, 0.1) is 0 Å². The van der Waals surface area contributed by atoms with Gasteiger partial charge in [0.15, 0.2) is 6.61 Å². The first kappa shape index (κ1) is 24.2. The van der Waals surface area contributed by atoms with Crippen molar-refractivity contribution in [2.45, 2.75) is 19.3 Å². The molecule has 0 bridgehead atoms. The third kappa shape index (κ3) is 6.33. The third-order valence-electron chi connectivity index (χ3n) is 5.52. The summed E-state index contributed by atoms with van der Waals surface area (Å²) in [6.07, 6.45) is 4.93. The Morgan fingerprint density at radius 3 is 2.29 bits per heavy atom. The molecule has 0 atom stereocenters. The van der Waals surface area contributed by atoms with Crippen LogP contribution in [0.4, 0.5) is 4.79 Å². The maximum Gasteiger partial charge on any atom is 0.293 e. The summed E-state index contributed by atoms with van der Waals surface area (Å²) in [7, 11) is 0. The zero-order chi connectivity index (χ0) is 23.9. The predicted molar refractivity (Wildman–Crippen MR) is 132 cm³/mol. The Kier molecular flexibility index (Phi) is 8.13. The largest absolute Gasteiger partial charge is 0.492 e. The molecule has 7 nitrogen and oxygen atoms in total. The van der Waals surface area contributed by atoms with Crippen molar-refractivity contribution in [1.29, 1.82) is 0 Å². The third-order valence-corrected chi connectivity index (χ3v) is 6.68. The number of nitrogens with zero attached hydrogens (tertiary/aromatic N) is 2. The van der Waals surface area contributed by atoms with Crippen molar-refractivity contribution in [3.05, 3.63) is 64.0 Å². The van der Waals surface area contributed by atoms with E-state index in [1.807, 2.05) is 4.90 Å². The Hall–Kier alpha value is -2.97. The van der Waals surface area contributed by atoms with E-state index in [0.717, 1.165) is 43.3 Å². The molecule has 2 heterocycles. The van der Waals surface area contributed by atoms with Crippen molar-refractivity contribution in [3.63, 3.8) is 0 Å².